The molecule has 178 valence electrons. The van der Waals surface area contributed by atoms with Crippen LogP contribution < -0.4 is 5.32 Å². The van der Waals surface area contributed by atoms with E-state index in [2.05, 4.69) is 40.5 Å². The van der Waals surface area contributed by atoms with Crippen molar-refractivity contribution in [3.8, 4) is 0 Å². The topological polar surface area (TPSA) is 45.2 Å². The monoisotopic (exact) mass is 475 g/mol. The highest BCUT2D eigenvalue weighted by molar-refractivity contribution is 6.36. The number of pyridine rings is 1. The molecule has 5 rings (SSSR count). The molecule has 2 aliphatic rings. The summed E-state index contributed by atoms with van der Waals surface area (Å²) in [6, 6.07) is 16.5. The maximum Gasteiger partial charge on any atom is 0.251 e. The van der Waals surface area contributed by atoms with E-state index in [0.29, 0.717) is 11.5 Å². The molecule has 1 aliphatic heterocycles. The Labute approximate surface area is 207 Å². The van der Waals surface area contributed by atoms with Crippen LogP contribution in [0, 0.1) is 5.92 Å². The van der Waals surface area contributed by atoms with E-state index in [4.69, 9.17) is 16.6 Å². The quantitative estimate of drug-likeness (QED) is 0.466. The van der Waals surface area contributed by atoms with Gasteiger partial charge < -0.3 is 10.2 Å². The first-order valence-corrected chi connectivity index (χ1v) is 13.2. The van der Waals surface area contributed by atoms with Crippen molar-refractivity contribution >= 4 is 28.4 Å². The molecule has 5 heteroatoms. The molecule has 0 unspecified atom stereocenters. The van der Waals surface area contributed by atoms with Crippen LogP contribution in [-0.2, 0) is 19.3 Å². The minimum atomic E-state index is -0.0113. The Morgan fingerprint density at radius 2 is 1.85 bits per heavy atom. The molecule has 1 aliphatic carbocycles. The van der Waals surface area contributed by atoms with Crippen LogP contribution in [0.2, 0.25) is 5.02 Å². The van der Waals surface area contributed by atoms with Gasteiger partial charge in [-0.2, -0.15) is 0 Å². The van der Waals surface area contributed by atoms with Crippen LogP contribution in [0.3, 0.4) is 0 Å². The van der Waals surface area contributed by atoms with Crippen molar-refractivity contribution in [2.75, 3.05) is 26.2 Å². The summed E-state index contributed by atoms with van der Waals surface area (Å²) in [7, 11) is 0. The molecule has 0 spiro atoms. The number of benzene rings is 2. The average Bonchev–Trinajstić information content (AvgIpc) is 2.88. The van der Waals surface area contributed by atoms with E-state index in [1.54, 1.807) is 0 Å². The second kappa shape index (κ2) is 10.9. The number of carbonyl (C=O) groups is 1. The number of rotatable bonds is 7. The maximum absolute atomic E-state index is 12.9. The summed E-state index contributed by atoms with van der Waals surface area (Å²) in [6.07, 6.45) is 8.96. The number of hydrogen-bond acceptors (Lipinski definition) is 3. The fraction of sp³-hybridized carbons (Fsp3) is 0.448. The van der Waals surface area contributed by atoms with Gasteiger partial charge in [-0.1, -0.05) is 48.0 Å². The Balaban J connectivity index is 1.10. The fourth-order valence-electron chi connectivity index (χ4n) is 5.41. The Morgan fingerprint density at radius 1 is 1.06 bits per heavy atom. The van der Waals surface area contributed by atoms with Gasteiger partial charge in [0.05, 0.1) is 10.5 Å². The highest BCUT2D eigenvalue weighted by atomic mass is 35.5. The number of aryl methyl sites for hydroxylation is 2. The first-order chi connectivity index (χ1) is 16.7. The number of fused-ring (bicyclic) bond motifs is 2. The largest absolute Gasteiger partial charge is 0.352 e. The molecular formula is C29H34ClN3O. The molecule has 1 N–H and O–H groups in total. The van der Waals surface area contributed by atoms with E-state index in [0.717, 1.165) is 86.3 Å². The van der Waals surface area contributed by atoms with Crippen LogP contribution in [-0.4, -0.2) is 42.0 Å². The summed E-state index contributed by atoms with van der Waals surface area (Å²) in [5, 5.41) is 4.95. The van der Waals surface area contributed by atoms with Gasteiger partial charge >= 0.3 is 0 Å². The standard InChI is InChI=1S/C29H34ClN3O/c30-28-24-10-4-5-11-26(24)32-27-19-23(12-13-25(27)28)29(34)31-20-22-14-17-33(18-15-22)16-6-9-21-7-2-1-3-8-21/h1-3,7-8,12-13,19,22H,4-6,9-11,14-18,20H2,(H,31,34). The van der Waals surface area contributed by atoms with Crippen LogP contribution in [0.4, 0.5) is 0 Å². The second-order valence-corrected chi connectivity index (χ2v) is 10.3. The lowest BCUT2D eigenvalue weighted by molar-refractivity contribution is 0.0936. The lowest BCUT2D eigenvalue weighted by Crippen LogP contribution is -2.39. The Kier molecular flexibility index (Phi) is 7.46. The van der Waals surface area contributed by atoms with E-state index in [-0.39, 0.29) is 5.91 Å². The maximum atomic E-state index is 12.9. The summed E-state index contributed by atoms with van der Waals surface area (Å²) in [5.74, 6) is 0.539. The molecule has 0 bridgehead atoms. The number of aromatic nitrogens is 1. The first kappa shape index (κ1) is 23.3. The van der Waals surface area contributed by atoms with Crippen LogP contribution in [0.15, 0.2) is 48.5 Å². The van der Waals surface area contributed by atoms with Crippen molar-refractivity contribution in [1.82, 2.24) is 15.2 Å². The highest BCUT2D eigenvalue weighted by Gasteiger charge is 2.21. The normalized spacial score (nSPS) is 17.0. The summed E-state index contributed by atoms with van der Waals surface area (Å²) in [5.41, 5.74) is 5.24. The SMILES string of the molecule is O=C(NCC1CCN(CCCc2ccccc2)CC1)c1ccc2c(Cl)c3c(nc2c1)CCCC3. The average molecular weight is 476 g/mol. The predicted octanol–water partition coefficient (Wildman–Crippen LogP) is 5.84. The van der Waals surface area contributed by atoms with E-state index in [9.17, 15) is 4.79 Å². The molecule has 2 heterocycles. The molecule has 4 nitrogen and oxygen atoms in total. The summed E-state index contributed by atoms with van der Waals surface area (Å²) >= 11 is 6.68. The number of carbonyl (C=O) groups excluding carboxylic acids is 1. The first-order valence-electron chi connectivity index (χ1n) is 12.8. The molecule has 1 fully saturated rings. The molecule has 0 atom stereocenters. The third-order valence-corrected chi connectivity index (χ3v) is 7.93. The third kappa shape index (κ3) is 5.45. The zero-order chi connectivity index (χ0) is 23.3. The van der Waals surface area contributed by atoms with Crippen molar-refractivity contribution in [3.63, 3.8) is 0 Å². The smallest absolute Gasteiger partial charge is 0.251 e. The molecule has 1 amide bonds. The minimum Gasteiger partial charge on any atom is -0.352 e. The van der Waals surface area contributed by atoms with Crippen LogP contribution in [0.25, 0.3) is 10.9 Å². The Bertz CT molecular complexity index is 1140. The fourth-order valence-corrected chi connectivity index (χ4v) is 5.78. The predicted molar refractivity (Wildman–Crippen MR) is 140 cm³/mol. The summed E-state index contributed by atoms with van der Waals surface area (Å²) < 4.78 is 0. The zero-order valence-electron chi connectivity index (χ0n) is 19.9. The van der Waals surface area contributed by atoms with Gasteiger partial charge in [-0.15, -0.1) is 0 Å². The molecule has 2 aromatic carbocycles. The van der Waals surface area contributed by atoms with E-state index in [1.807, 2.05) is 18.2 Å². The van der Waals surface area contributed by atoms with Crippen LogP contribution >= 0.6 is 11.6 Å². The lowest BCUT2D eigenvalue weighted by atomic mass is 9.94. The third-order valence-electron chi connectivity index (χ3n) is 7.50. The van der Waals surface area contributed by atoms with E-state index >= 15 is 0 Å². The summed E-state index contributed by atoms with van der Waals surface area (Å²) in [6.45, 7) is 4.15. The number of nitrogens with zero attached hydrogens (tertiary/aromatic N) is 2. The second-order valence-electron chi connectivity index (χ2n) is 9.87. The van der Waals surface area contributed by atoms with Gasteiger partial charge in [0.2, 0.25) is 0 Å². The lowest BCUT2D eigenvalue weighted by Gasteiger charge is -2.32. The Hall–Kier alpha value is -2.43. The van der Waals surface area contributed by atoms with Gasteiger partial charge in [-0.25, -0.2) is 0 Å². The molecule has 3 aromatic rings. The summed E-state index contributed by atoms with van der Waals surface area (Å²) in [4.78, 5) is 20.3. The highest BCUT2D eigenvalue weighted by Crippen LogP contribution is 2.33. The molecule has 0 saturated carbocycles. The van der Waals surface area contributed by atoms with Gasteiger partial charge in [0.15, 0.2) is 0 Å². The number of piperidine rings is 1. The Morgan fingerprint density at radius 3 is 2.68 bits per heavy atom. The number of hydrogen-bond donors (Lipinski definition) is 1. The van der Waals surface area contributed by atoms with E-state index in [1.165, 1.54) is 24.0 Å². The molecule has 1 aromatic heterocycles. The minimum absolute atomic E-state index is 0.0113. The number of likely N-dealkylation sites (tertiary alicyclic amines) is 1. The van der Waals surface area contributed by atoms with Crippen LogP contribution in [0.1, 0.15) is 59.3 Å². The molecule has 1 saturated heterocycles. The van der Waals surface area contributed by atoms with Crippen LogP contribution in [0.5, 0.6) is 0 Å². The van der Waals surface area contributed by atoms with Crippen molar-refractivity contribution < 1.29 is 4.79 Å². The van der Waals surface area contributed by atoms with Crippen molar-refractivity contribution in [1.29, 1.82) is 0 Å². The zero-order valence-corrected chi connectivity index (χ0v) is 20.6. The van der Waals surface area contributed by atoms with Gasteiger partial charge in [0.25, 0.3) is 5.91 Å². The number of amides is 1. The molecular weight excluding hydrogens is 442 g/mol. The number of nitrogens with one attached hydrogen (secondary N) is 1. The van der Waals surface area contributed by atoms with E-state index < -0.39 is 0 Å². The van der Waals surface area contributed by atoms with Gasteiger partial charge in [-0.05, 0) is 100 Å². The van der Waals surface area contributed by atoms with Gasteiger partial charge in [0.1, 0.15) is 0 Å². The number of halogens is 1. The molecule has 0 radical (unpaired) electrons. The van der Waals surface area contributed by atoms with Gasteiger partial charge in [-0.3, -0.25) is 9.78 Å². The molecule has 34 heavy (non-hydrogen) atoms. The van der Waals surface area contributed by atoms with Crippen molar-refractivity contribution in [3.05, 3.63) is 75.9 Å². The van der Waals surface area contributed by atoms with Crippen molar-refractivity contribution in [2.45, 2.75) is 51.4 Å². The van der Waals surface area contributed by atoms with Gasteiger partial charge in [0, 0.05) is 23.2 Å². The van der Waals surface area contributed by atoms with Crippen molar-refractivity contribution in [2.24, 2.45) is 5.92 Å².